The first-order valence-electron chi connectivity index (χ1n) is 9.55. The smallest absolute Gasteiger partial charge is 0.262 e. The number of halogens is 1. The van der Waals surface area contributed by atoms with Gasteiger partial charge in [-0.15, -0.1) is 0 Å². The molecule has 0 aliphatic carbocycles. The molecule has 0 amide bonds. The van der Waals surface area contributed by atoms with Crippen LogP contribution in [0, 0.1) is 5.92 Å². The number of imidazole rings is 1. The molecule has 0 radical (unpaired) electrons. The first-order valence-corrected chi connectivity index (χ1v) is 11.4. The second kappa shape index (κ2) is 8.02. The summed E-state index contributed by atoms with van der Waals surface area (Å²) in [7, 11) is -1.88. The lowest BCUT2D eigenvalue weighted by Gasteiger charge is -2.31. The van der Waals surface area contributed by atoms with Gasteiger partial charge in [0.2, 0.25) is 0 Å². The molecule has 0 saturated carbocycles. The van der Waals surface area contributed by atoms with E-state index in [4.69, 9.17) is 16.3 Å². The molecule has 0 bridgehead atoms. The zero-order chi connectivity index (χ0) is 19.7. The van der Waals surface area contributed by atoms with Crippen molar-refractivity contribution in [3.8, 4) is 0 Å². The van der Waals surface area contributed by atoms with Crippen molar-refractivity contribution in [2.75, 3.05) is 25.0 Å². The molecule has 4 rings (SSSR count). The molecule has 1 unspecified atom stereocenters. The Balaban J connectivity index is 1.59. The van der Waals surface area contributed by atoms with Gasteiger partial charge in [-0.2, -0.15) is 4.31 Å². The van der Waals surface area contributed by atoms with Crippen LogP contribution in [-0.2, 0) is 21.8 Å². The minimum atomic E-state index is -3.64. The zero-order valence-electron chi connectivity index (χ0n) is 15.8. The highest BCUT2D eigenvalue weighted by atomic mass is 35.5. The van der Waals surface area contributed by atoms with E-state index in [-0.39, 0.29) is 23.1 Å². The summed E-state index contributed by atoms with van der Waals surface area (Å²) < 4.78 is 35.4. The van der Waals surface area contributed by atoms with Crippen LogP contribution in [0.15, 0.2) is 41.8 Å². The lowest BCUT2D eigenvalue weighted by molar-refractivity contribution is -0.0188. The van der Waals surface area contributed by atoms with Gasteiger partial charge in [0, 0.05) is 55.6 Å². The summed E-state index contributed by atoms with van der Waals surface area (Å²) in [6.45, 7) is 1.52. The van der Waals surface area contributed by atoms with E-state index in [1.54, 1.807) is 17.8 Å². The average molecular weight is 425 g/mol. The Bertz CT molecular complexity index is 927. The maximum absolute atomic E-state index is 13.1. The molecule has 7 nitrogen and oxygen atoms in total. The van der Waals surface area contributed by atoms with Gasteiger partial charge in [0.1, 0.15) is 0 Å². The van der Waals surface area contributed by atoms with Gasteiger partial charge in [-0.1, -0.05) is 17.7 Å². The van der Waals surface area contributed by atoms with Crippen molar-refractivity contribution in [1.29, 1.82) is 0 Å². The zero-order valence-corrected chi connectivity index (χ0v) is 17.4. The van der Waals surface area contributed by atoms with Gasteiger partial charge < -0.3 is 14.6 Å². The monoisotopic (exact) mass is 424 g/mol. The molecular formula is C19H25ClN4O3S. The molecule has 2 aromatic rings. The van der Waals surface area contributed by atoms with Crippen LogP contribution < -0.4 is 5.32 Å². The number of nitrogens with one attached hydrogen (secondary N) is 1. The second-order valence-electron chi connectivity index (χ2n) is 7.53. The Morgan fingerprint density at radius 1 is 1.29 bits per heavy atom. The predicted octanol–water partition coefficient (Wildman–Crippen LogP) is 2.74. The van der Waals surface area contributed by atoms with Crippen molar-refractivity contribution < 1.29 is 13.2 Å². The summed E-state index contributed by atoms with van der Waals surface area (Å²) >= 11 is 6.12. The molecule has 1 aromatic heterocycles. The molecule has 28 heavy (non-hydrogen) atoms. The fourth-order valence-corrected chi connectivity index (χ4v) is 5.73. The summed E-state index contributed by atoms with van der Waals surface area (Å²) in [6, 6.07) is 7.45. The first kappa shape index (κ1) is 19.7. The van der Waals surface area contributed by atoms with Crippen molar-refractivity contribution >= 4 is 27.3 Å². The Hall–Kier alpha value is -1.61. The van der Waals surface area contributed by atoms with Crippen LogP contribution in [0.5, 0.6) is 0 Å². The Morgan fingerprint density at radius 2 is 2.14 bits per heavy atom. The molecule has 0 spiro atoms. The minimum Gasteiger partial charge on any atom is -0.381 e. The molecule has 1 N–H and O–H groups in total. The van der Waals surface area contributed by atoms with E-state index in [9.17, 15) is 8.42 Å². The normalized spacial score (nSPS) is 26.4. The number of benzene rings is 1. The summed E-state index contributed by atoms with van der Waals surface area (Å²) in [5.74, 6) is 0.0674. The number of hydrogen-bond donors (Lipinski definition) is 1. The van der Waals surface area contributed by atoms with Crippen molar-refractivity contribution in [2.24, 2.45) is 13.0 Å². The lowest BCUT2D eigenvalue weighted by atomic mass is 9.91. The van der Waals surface area contributed by atoms with Crippen LogP contribution in [0.4, 0.5) is 5.69 Å². The Labute approximate surface area is 170 Å². The third-order valence-electron chi connectivity index (χ3n) is 5.49. The quantitative estimate of drug-likeness (QED) is 0.798. The maximum atomic E-state index is 13.1. The number of nitrogens with zero attached hydrogens (tertiary/aromatic N) is 3. The highest BCUT2D eigenvalue weighted by Crippen LogP contribution is 2.33. The molecule has 2 fully saturated rings. The van der Waals surface area contributed by atoms with Gasteiger partial charge in [0.05, 0.1) is 12.4 Å². The number of aromatic nitrogens is 2. The van der Waals surface area contributed by atoms with Crippen LogP contribution in [0.1, 0.15) is 19.3 Å². The van der Waals surface area contributed by atoms with Crippen molar-refractivity contribution in [3.05, 3.63) is 41.8 Å². The second-order valence-corrected chi connectivity index (χ2v) is 9.85. The highest BCUT2D eigenvalue weighted by Gasteiger charge is 2.44. The predicted molar refractivity (Wildman–Crippen MR) is 108 cm³/mol. The molecule has 2 aliphatic heterocycles. The van der Waals surface area contributed by atoms with E-state index in [1.807, 2.05) is 24.3 Å². The van der Waals surface area contributed by atoms with Gasteiger partial charge in [-0.3, -0.25) is 0 Å². The number of anilines is 1. The van der Waals surface area contributed by atoms with Crippen molar-refractivity contribution in [1.82, 2.24) is 13.9 Å². The number of aryl methyl sites for hydroxylation is 1. The standard InChI is InChI=1S/C19H25ClN4O3S/c1-23-12-19(21-13-23)28(25,26)24-10-16(18-7-2-3-8-27-18)17(11-24)22-15-6-4-5-14(20)9-15/h4-6,9,12-13,16-18,22H,2-3,7-8,10-11H2,1H3/t16-,17-,18?/m1/s1. The third kappa shape index (κ3) is 4.05. The number of hydrogen-bond acceptors (Lipinski definition) is 5. The fraction of sp³-hybridized carbons (Fsp3) is 0.526. The number of sulfonamides is 1. The first-order chi connectivity index (χ1) is 13.4. The molecule has 9 heteroatoms. The maximum Gasteiger partial charge on any atom is 0.262 e. The third-order valence-corrected chi connectivity index (χ3v) is 7.44. The van der Waals surface area contributed by atoms with E-state index in [1.165, 1.54) is 10.6 Å². The summed E-state index contributed by atoms with van der Waals surface area (Å²) in [4.78, 5) is 4.05. The van der Waals surface area contributed by atoms with Crippen molar-refractivity contribution in [2.45, 2.75) is 36.4 Å². The van der Waals surface area contributed by atoms with Crippen LogP contribution in [0.2, 0.25) is 5.02 Å². The molecule has 2 aliphatic rings. The summed E-state index contributed by atoms with van der Waals surface area (Å²) in [6.07, 6.45) is 6.22. The molecule has 3 atom stereocenters. The van der Waals surface area contributed by atoms with Crippen LogP contribution in [0.25, 0.3) is 0 Å². The van der Waals surface area contributed by atoms with E-state index >= 15 is 0 Å². The topological polar surface area (TPSA) is 76.5 Å². The van der Waals surface area contributed by atoms with E-state index in [2.05, 4.69) is 10.3 Å². The van der Waals surface area contributed by atoms with Crippen LogP contribution in [0.3, 0.4) is 0 Å². The van der Waals surface area contributed by atoms with Crippen LogP contribution in [-0.4, -0.2) is 54.1 Å². The van der Waals surface area contributed by atoms with Gasteiger partial charge >= 0.3 is 0 Å². The van der Waals surface area contributed by atoms with E-state index < -0.39 is 10.0 Å². The van der Waals surface area contributed by atoms with Crippen LogP contribution >= 0.6 is 11.6 Å². The van der Waals surface area contributed by atoms with Crippen molar-refractivity contribution in [3.63, 3.8) is 0 Å². The highest BCUT2D eigenvalue weighted by molar-refractivity contribution is 7.89. The molecular weight excluding hydrogens is 400 g/mol. The summed E-state index contributed by atoms with van der Waals surface area (Å²) in [5, 5.41) is 4.22. The average Bonchev–Trinajstić information content (AvgIpc) is 3.30. The number of ether oxygens (including phenoxy) is 1. The van der Waals surface area contributed by atoms with Gasteiger partial charge in [-0.25, -0.2) is 13.4 Å². The molecule has 152 valence electrons. The SMILES string of the molecule is Cn1cnc(S(=O)(=O)N2C[C@@H](Nc3cccc(Cl)c3)[C@H](C3CCCCO3)C2)c1. The van der Waals surface area contributed by atoms with Gasteiger partial charge in [0.15, 0.2) is 5.03 Å². The minimum absolute atomic E-state index is 0.0503. The number of rotatable bonds is 5. The largest absolute Gasteiger partial charge is 0.381 e. The van der Waals surface area contributed by atoms with Gasteiger partial charge in [0.25, 0.3) is 10.0 Å². The van der Waals surface area contributed by atoms with E-state index in [0.717, 1.165) is 31.6 Å². The summed E-state index contributed by atoms with van der Waals surface area (Å²) in [5.41, 5.74) is 0.885. The molecule has 3 heterocycles. The van der Waals surface area contributed by atoms with Gasteiger partial charge in [-0.05, 0) is 37.5 Å². The molecule has 2 saturated heterocycles. The Morgan fingerprint density at radius 3 is 2.82 bits per heavy atom. The molecule has 1 aromatic carbocycles. The Kier molecular flexibility index (Phi) is 5.64. The fourth-order valence-electron chi connectivity index (χ4n) is 4.07. The lowest BCUT2D eigenvalue weighted by Crippen LogP contribution is -2.39. The van der Waals surface area contributed by atoms with E-state index in [0.29, 0.717) is 18.1 Å².